The van der Waals surface area contributed by atoms with Crippen molar-refractivity contribution in [2.24, 2.45) is 0 Å². The van der Waals surface area contributed by atoms with Crippen LogP contribution in [0.15, 0.2) is 0 Å². The molecule has 0 aromatic heterocycles. The van der Waals surface area contributed by atoms with Crippen molar-refractivity contribution >= 4 is 18.8 Å². The summed E-state index contributed by atoms with van der Waals surface area (Å²) < 4.78 is 10.4. The van der Waals surface area contributed by atoms with Gasteiger partial charge in [-0.15, -0.1) is 0 Å². The van der Waals surface area contributed by atoms with E-state index in [-0.39, 0.29) is 0 Å². The molecule has 1 nitrogen and oxygen atoms in total. The first kappa shape index (κ1) is 17.8. The molecule has 104 valence electrons. The Hall–Kier alpha value is 0.759. The molecule has 17 heavy (non-hydrogen) atoms. The van der Waals surface area contributed by atoms with E-state index in [1.807, 2.05) is 7.11 Å². The summed E-state index contributed by atoms with van der Waals surface area (Å²) in [6, 6.07) is 0. The molecule has 0 saturated carbocycles. The van der Waals surface area contributed by atoms with Crippen LogP contribution in [0.5, 0.6) is 0 Å². The van der Waals surface area contributed by atoms with Gasteiger partial charge < -0.3 is 0 Å². The number of unbranched alkanes of at least 4 members (excludes halogenated alkanes) is 5. The van der Waals surface area contributed by atoms with E-state index in [2.05, 4.69) is 20.8 Å². The summed E-state index contributed by atoms with van der Waals surface area (Å²) in [5.74, 6) is 0. The van der Waals surface area contributed by atoms with E-state index in [9.17, 15) is 0 Å². The molecule has 0 aromatic rings. The second-order valence-corrected chi connectivity index (χ2v) is 17.6. The molecule has 0 rings (SSSR count). The van der Waals surface area contributed by atoms with Crippen LogP contribution in [0.25, 0.3) is 0 Å². The van der Waals surface area contributed by atoms with Gasteiger partial charge in [-0.25, -0.2) is 0 Å². The predicted octanol–water partition coefficient (Wildman–Crippen LogP) is 5.76. The summed E-state index contributed by atoms with van der Waals surface area (Å²) in [5.41, 5.74) is 0. The third kappa shape index (κ3) is 8.47. The van der Waals surface area contributed by atoms with Gasteiger partial charge in [0.2, 0.25) is 0 Å². The van der Waals surface area contributed by atoms with Crippen molar-refractivity contribution in [2.45, 2.75) is 85.4 Å². The van der Waals surface area contributed by atoms with Gasteiger partial charge in [0.25, 0.3) is 0 Å². The molecule has 0 radical (unpaired) electrons. The molecule has 0 spiro atoms. The van der Waals surface area contributed by atoms with Gasteiger partial charge in [0.1, 0.15) is 0 Å². The molecule has 0 saturated heterocycles. The maximum atomic E-state index is 6.06. The van der Waals surface area contributed by atoms with Crippen molar-refractivity contribution in [3.8, 4) is 0 Å². The zero-order valence-electron chi connectivity index (χ0n) is 12.7. The Kier molecular flexibility index (Phi) is 12.4. The van der Waals surface area contributed by atoms with Crippen molar-refractivity contribution in [1.82, 2.24) is 0 Å². The van der Waals surface area contributed by atoms with Gasteiger partial charge in [-0.3, -0.25) is 0 Å². The Bertz CT molecular complexity index is 153. The summed E-state index contributed by atoms with van der Waals surface area (Å²) >= 11 is -2.12. The molecule has 0 amide bonds. The Labute approximate surface area is 114 Å². The first-order valence-corrected chi connectivity index (χ1v) is 15.0. The fraction of sp³-hybridized carbons (Fsp3) is 1.00. The summed E-state index contributed by atoms with van der Waals surface area (Å²) in [4.78, 5) is 0. The third-order valence-corrected chi connectivity index (χ3v) is 18.0. The molecule has 0 aliphatic carbocycles. The topological polar surface area (TPSA) is 9.23 Å². The Morgan fingerprint density at radius 3 is 1.65 bits per heavy atom. The van der Waals surface area contributed by atoms with Gasteiger partial charge in [-0.2, -0.15) is 0 Å². The molecule has 0 aromatic carbocycles. The molecule has 0 fully saturated rings. The number of hydrogen-bond donors (Lipinski definition) is 0. The van der Waals surface area contributed by atoms with Crippen LogP contribution in [-0.2, 0) is 3.07 Å². The van der Waals surface area contributed by atoms with Gasteiger partial charge in [-0.05, 0) is 0 Å². The van der Waals surface area contributed by atoms with Crippen molar-refractivity contribution < 1.29 is 3.07 Å². The number of hydrogen-bond acceptors (Lipinski definition) is 1. The molecule has 0 aliphatic heterocycles. The van der Waals surface area contributed by atoms with Crippen LogP contribution >= 0.6 is 0 Å². The van der Waals surface area contributed by atoms with Crippen LogP contribution in [-0.4, -0.2) is 25.9 Å². The molecule has 0 heterocycles. The van der Waals surface area contributed by atoms with Gasteiger partial charge in [0.05, 0.1) is 0 Å². The van der Waals surface area contributed by atoms with E-state index in [4.69, 9.17) is 3.07 Å². The predicted molar refractivity (Wildman–Crippen MR) is 81.1 cm³/mol. The van der Waals surface area contributed by atoms with Gasteiger partial charge in [0, 0.05) is 0 Å². The van der Waals surface area contributed by atoms with Crippen molar-refractivity contribution in [3.63, 3.8) is 0 Å². The van der Waals surface area contributed by atoms with Crippen molar-refractivity contribution in [2.75, 3.05) is 7.11 Å². The SMILES string of the molecule is CCCCCCC[CH2][Sn]([CH2]CC)([CH2]CC)[O]C. The average Bonchev–Trinajstić information content (AvgIpc) is 2.34. The van der Waals surface area contributed by atoms with Gasteiger partial charge >= 0.3 is 114 Å². The fourth-order valence-electron chi connectivity index (χ4n) is 2.82. The Balaban J connectivity index is 3.82. The first-order chi connectivity index (χ1) is 8.24. The molecular formula is C15H34OSn. The van der Waals surface area contributed by atoms with Crippen LogP contribution in [0.4, 0.5) is 0 Å². The maximum absolute atomic E-state index is 6.06. The fourth-order valence-corrected chi connectivity index (χ4v) is 14.5. The monoisotopic (exact) mass is 350 g/mol. The van der Waals surface area contributed by atoms with E-state index >= 15 is 0 Å². The van der Waals surface area contributed by atoms with Crippen LogP contribution in [0, 0.1) is 0 Å². The van der Waals surface area contributed by atoms with E-state index in [0.29, 0.717) is 0 Å². The summed E-state index contributed by atoms with van der Waals surface area (Å²) in [6.45, 7) is 6.93. The molecule has 0 N–H and O–H groups in total. The second kappa shape index (κ2) is 11.8. The third-order valence-electron chi connectivity index (χ3n) is 3.83. The number of rotatable bonds is 12. The normalized spacial score (nSPS) is 12.0. The molecule has 2 heteroatoms. The van der Waals surface area contributed by atoms with Crippen LogP contribution in [0.1, 0.15) is 72.1 Å². The summed E-state index contributed by atoms with van der Waals surface area (Å²) in [5, 5.41) is 0. The molecule has 0 atom stereocenters. The van der Waals surface area contributed by atoms with Crippen molar-refractivity contribution in [1.29, 1.82) is 0 Å². The zero-order valence-corrected chi connectivity index (χ0v) is 15.5. The zero-order chi connectivity index (χ0) is 13.0. The van der Waals surface area contributed by atoms with E-state index < -0.39 is 18.8 Å². The van der Waals surface area contributed by atoms with Gasteiger partial charge in [0.15, 0.2) is 0 Å². The minimum atomic E-state index is -2.12. The summed E-state index contributed by atoms with van der Waals surface area (Å²) in [6.07, 6.45) is 11.2. The van der Waals surface area contributed by atoms with E-state index in [1.54, 1.807) is 0 Å². The Morgan fingerprint density at radius 2 is 1.18 bits per heavy atom. The molecule has 0 unspecified atom stereocenters. The second-order valence-electron chi connectivity index (χ2n) is 5.40. The standard InChI is InChI=1S/C8H17.2C3H7.CH3O.Sn/c1-3-5-7-8-6-4-2;2*1-3-2;1-2;/h1,3-8H2,2H3;2*1,3H2,2H3;1H3;/q;;;-1;+1. The van der Waals surface area contributed by atoms with E-state index in [0.717, 1.165) is 0 Å². The first-order valence-electron chi connectivity index (χ1n) is 7.79. The minimum absolute atomic E-state index is 1.33. The quantitative estimate of drug-likeness (QED) is 0.322. The van der Waals surface area contributed by atoms with Crippen LogP contribution < -0.4 is 0 Å². The Morgan fingerprint density at radius 1 is 0.647 bits per heavy atom. The molecular weight excluding hydrogens is 315 g/mol. The van der Waals surface area contributed by atoms with Gasteiger partial charge in [-0.1, -0.05) is 0 Å². The molecule has 0 aliphatic rings. The average molecular weight is 349 g/mol. The molecule has 0 bridgehead atoms. The summed E-state index contributed by atoms with van der Waals surface area (Å²) in [7, 11) is 2.00. The van der Waals surface area contributed by atoms with Crippen LogP contribution in [0.2, 0.25) is 13.3 Å². The van der Waals surface area contributed by atoms with Crippen LogP contribution in [0.3, 0.4) is 0 Å². The van der Waals surface area contributed by atoms with E-state index in [1.165, 1.54) is 64.7 Å². The van der Waals surface area contributed by atoms with Crippen molar-refractivity contribution in [3.05, 3.63) is 0 Å².